The molecule has 26 heavy (non-hydrogen) atoms. The SMILES string of the molecule is CC(=O)c1ccc(OCCCC2CCCN2N2C(=O)N[C@@H](C)C2=O)cc1. The molecule has 7 heteroatoms. The van der Waals surface area contributed by atoms with Gasteiger partial charge >= 0.3 is 6.03 Å². The van der Waals surface area contributed by atoms with Crippen LogP contribution in [-0.4, -0.2) is 53.0 Å². The van der Waals surface area contributed by atoms with Gasteiger partial charge in [-0.1, -0.05) is 0 Å². The van der Waals surface area contributed by atoms with Crippen LogP contribution in [0.4, 0.5) is 4.79 Å². The lowest BCUT2D eigenvalue weighted by atomic mass is 10.1. The average Bonchev–Trinajstić information content (AvgIpc) is 3.16. The molecule has 0 spiro atoms. The summed E-state index contributed by atoms with van der Waals surface area (Å²) in [7, 11) is 0. The topological polar surface area (TPSA) is 79.0 Å². The third-order valence-corrected chi connectivity index (χ3v) is 4.93. The monoisotopic (exact) mass is 359 g/mol. The number of benzene rings is 1. The van der Waals surface area contributed by atoms with Gasteiger partial charge in [-0.25, -0.2) is 9.80 Å². The summed E-state index contributed by atoms with van der Waals surface area (Å²) in [5, 5.41) is 5.85. The number of nitrogens with one attached hydrogen (secondary N) is 1. The Labute approximate surface area is 153 Å². The Morgan fingerprint density at radius 2 is 2.00 bits per heavy atom. The molecule has 0 saturated carbocycles. The molecule has 0 bridgehead atoms. The summed E-state index contributed by atoms with van der Waals surface area (Å²) >= 11 is 0. The van der Waals surface area contributed by atoms with E-state index in [0.717, 1.165) is 38.0 Å². The Hall–Kier alpha value is -2.41. The second-order valence-corrected chi connectivity index (χ2v) is 6.85. The first kappa shape index (κ1) is 18.4. The van der Waals surface area contributed by atoms with Crippen molar-refractivity contribution >= 4 is 17.7 Å². The molecule has 2 aliphatic heterocycles. The average molecular weight is 359 g/mol. The number of carbonyl (C=O) groups excluding carboxylic acids is 3. The second-order valence-electron chi connectivity index (χ2n) is 6.85. The molecule has 3 amide bonds. The molecular formula is C19H25N3O4. The summed E-state index contributed by atoms with van der Waals surface area (Å²) in [6, 6.07) is 6.52. The van der Waals surface area contributed by atoms with Crippen LogP contribution in [0.5, 0.6) is 5.75 Å². The van der Waals surface area contributed by atoms with Gasteiger partial charge in [0.05, 0.1) is 6.61 Å². The van der Waals surface area contributed by atoms with E-state index in [-0.39, 0.29) is 23.8 Å². The lowest BCUT2D eigenvalue weighted by molar-refractivity contribution is -0.140. The van der Waals surface area contributed by atoms with E-state index in [9.17, 15) is 14.4 Å². The predicted octanol–water partition coefficient (Wildman–Crippen LogP) is 2.37. The van der Waals surface area contributed by atoms with Crippen molar-refractivity contribution in [2.24, 2.45) is 0 Å². The number of rotatable bonds is 7. The van der Waals surface area contributed by atoms with Gasteiger partial charge in [-0.3, -0.25) is 9.59 Å². The summed E-state index contributed by atoms with van der Waals surface area (Å²) in [6.45, 7) is 4.52. The standard InChI is InChI=1S/C19H25N3O4/c1-13-18(24)22(19(25)20-13)21-11-3-5-16(21)6-4-12-26-17-9-7-15(8-10-17)14(2)23/h7-10,13,16H,3-6,11-12H2,1-2H3,(H,20,25)/t13-,16?/m0/s1. The fourth-order valence-electron chi connectivity index (χ4n) is 3.51. The number of amides is 3. The van der Waals surface area contributed by atoms with Crippen LogP contribution < -0.4 is 10.1 Å². The predicted molar refractivity (Wildman–Crippen MR) is 95.7 cm³/mol. The van der Waals surface area contributed by atoms with Crippen molar-refractivity contribution in [2.75, 3.05) is 13.2 Å². The Morgan fingerprint density at radius 3 is 2.62 bits per heavy atom. The van der Waals surface area contributed by atoms with Crippen LogP contribution >= 0.6 is 0 Å². The highest BCUT2D eigenvalue weighted by Crippen LogP contribution is 2.26. The van der Waals surface area contributed by atoms with Crippen LogP contribution in [0.2, 0.25) is 0 Å². The van der Waals surface area contributed by atoms with E-state index in [0.29, 0.717) is 12.2 Å². The van der Waals surface area contributed by atoms with Crippen molar-refractivity contribution in [1.29, 1.82) is 0 Å². The third kappa shape index (κ3) is 3.88. The minimum absolute atomic E-state index is 0.0349. The zero-order valence-corrected chi connectivity index (χ0v) is 15.2. The molecule has 0 radical (unpaired) electrons. The van der Waals surface area contributed by atoms with Crippen LogP contribution in [0, 0.1) is 0 Å². The molecule has 7 nitrogen and oxygen atoms in total. The minimum Gasteiger partial charge on any atom is -0.494 e. The molecule has 1 unspecified atom stereocenters. The van der Waals surface area contributed by atoms with Gasteiger partial charge < -0.3 is 10.1 Å². The first-order chi connectivity index (χ1) is 12.5. The highest BCUT2D eigenvalue weighted by Gasteiger charge is 2.42. The van der Waals surface area contributed by atoms with Crippen LogP contribution in [-0.2, 0) is 4.79 Å². The van der Waals surface area contributed by atoms with E-state index in [4.69, 9.17) is 4.74 Å². The molecule has 2 atom stereocenters. The quantitative estimate of drug-likeness (QED) is 0.459. The Balaban J connectivity index is 1.47. The van der Waals surface area contributed by atoms with Gasteiger partial charge in [0, 0.05) is 18.2 Å². The summed E-state index contributed by atoms with van der Waals surface area (Å²) in [4.78, 5) is 35.5. The maximum atomic E-state index is 12.2. The molecular weight excluding hydrogens is 334 g/mol. The summed E-state index contributed by atoms with van der Waals surface area (Å²) in [6.07, 6.45) is 3.63. The van der Waals surface area contributed by atoms with Crippen molar-refractivity contribution in [3.8, 4) is 5.75 Å². The highest BCUT2D eigenvalue weighted by atomic mass is 16.5. The summed E-state index contributed by atoms with van der Waals surface area (Å²) < 4.78 is 5.73. The highest BCUT2D eigenvalue weighted by molar-refractivity contribution is 6.03. The van der Waals surface area contributed by atoms with Gasteiger partial charge in [-0.15, -0.1) is 0 Å². The van der Waals surface area contributed by atoms with Gasteiger partial charge in [-0.05, 0) is 63.8 Å². The van der Waals surface area contributed by atoms with Crippen LogP contribution in [0.1, 0.15) is 49.9 Å². The van der Waals surface area contributed by atoms with Crippen LogP contribution in [0.25, 0.3) is 0 Å². The van der Waals surface area contributed by atoms with E-state index in [2.05, 4.69) is 5.32 Å². The fourth-order valence-corrected chi connectivity index (χ4v) is 3.51. The molecule has 140 valence electrons. The third-order valence-electron chi connectivity index (χ3n) is 4.93. The van der Waals surface area contributed by atoms with E-state index in [1.807, 2.05) is 5.01 Å². The Kier molecular flexibility index (Phi) is 5.56. The van der Waals surface area contributed by atoms with Gasteiger partial charge in [-0.2, -0.15) is 5.01 Å². The lowest BCUT2D eigenvalue weighted by Crippen LogP contribution is -2.49. The zero-order chi connectivity index (χ0) is 18.7. The first-order valence-electron chi connectivity index (χ1n) is 9.12. The molecule has 0 aliphatic carbocycles. The van der Waals surface area contributed by atoms with Crippen molar-refractivity contribution in [2.45, 2.75) is 51.6 Å². The molecule has 2 fully saturated rings. The van der Waals surface area contributed by atoms with Gasteiger partial charge in [0.1, 0.15) is 11.8 Å². The molecule has 2 saturated heterocycles. The smallest absolute Gasteiger partial charge is 0.339 e. The Bertz CT molecular complexity index is 689. The minimum atomic E-state index is -0.454. The molecule has 2 heterocycles. The number of hydrogen-bond acceptors (Lipinski definition) is 5. The van der Waals surface area contributed by atoms with Crippen LogP contribution in [0.3, 0.4) is 0 Å². The normalized spacial score (nSPS) is 23.4. The molecule has 2 aliphatic rings. The maximum absolute atomic E-state index is 12.2. The van der Waals surface area contributed by atoms with E-state index in [1.165, 1.54) is 11.9 Å². The number of urea groups is 1. The Morgan fingerprint density at radius 1 is 1.27 bits per heavy atom. The first-order valence-corrected chi connectivity index (χ1v) is 9.12. The van der Waals surface area contributed by atoms with E-state index >= 15 is 0 Å². The van der Waals surface area contributed by atoms with Crippen molar-refractivity contribution in [3.63, 3.8) is 0 Å². The van der Waals surface area contributed by atoms with Crippen molar-refractivity contribution < 1.29 is 19.1 Å². The van der Waals surface area contributed by atoms with Gasteiger partial charge in [0.25, 0.3) is 5.91 Å². The van der Waals surface area contributed by atoms with Crippen LogP contribution in [0.15, 0.2) is 24.3 Å². The zero-order valence-electron chi connectivity index (χ0n) is 15.2. The number of ether oxygens (including phenoxy) is 1. The largest absolute Gasteiger partial charge is 0.494 e. The molecule has 1 aromatic carbocycles. The molecule has 0 aromatic heterocycles. The molecule has 3 rings (SSSR count). The number of imide groups is 1. The fraction of sp³-hybridized carbons (Fsp3) is 0.526. The number of nitrogens with zero attached hydrogens (tertiary/aromatic N) is 2. The summed E-state index contributed by atoms with van der Waals surface area (Å²) in [5.74, 6) is 0.595. The van der Waals surface area contributed by atoms with Gasteiger partial charge in [0.2, 0.25) is 0 Å². The molecule has 1 aromatic rings. The van der Waals surface area contributed by atoms with Gasteiger partial charge in [0.15, 0.2) is 5.78 Å². The van der Waals surface area contributed by atoms with E-state index < -0.39 is 6.04 Å². The number of hydrogen-bond donors (Lipinski definition) is 1. The lowest BCUT2D eigenvalue weighted by Gasteiger charge is -2.30. The number of ketones is 1. The second kappa shape index (κ2) is 7.86. The van der Waals surface area contributed by atoms with Crippen molar-refractivity contribution in [3.05, 3.63) is 29.8 Å². The van der Waals surface area contributed by atoms with Crippen molar-refractivity contribution in [1.82, 2.24) is 15.3 Å². The summed E-state index contributed by atoms with van der Waals surface area (Å²) in [5.41, 5.74) is 0.668. The van der Waals surface area contributed by atoms with E-state index in [1.54, 1.807) is 31.2 Å². The number of Topliss-reactive ketones (excluding diaryl/α,β-unsaturated/α-hetero) is 1. The maximum Gasteiger partial charge on any atom is 0.339 e. The number of carbonyl (C=O) groups is 3. The molecule has 1 N–H and O–H groups in total. The number of hydrazine groups is 1.